The highest BCUT2D eigenvalue weighted by atomic mass is 15.2. The molecule has 4 rings (SSSR count). The number of nitrogens with one attached hydrogen (secondary N) is 2. The van der Waals surface area contributed by atoms with Gasteiger partial charge in [-0.25, -0.2) is 4.98 Å². The van der Waals surface area contributed by atoms with E-state index < -0.39 is 0 Å². The van der Waals surface area contributed by atoms with Crippen molar-refractivity contribution in [1.29, 1.82) is 0 Å². The van der Waals surface area contributed by atoms with Crippen LogP contribution in [-0.2, 0) is 6.54 Å². The van der Waals surface area contributed by atoms with Crippen LogP contribution in [-0.4, -0.2) is 23.1 Å². The predicted octanol–water partition coefficient (Wildman–Crippen LogP) is 5.38. The third-order valence-corrected chi connectivity index (χ3v) is 5.44. The van der Waals surface area contributed by atoms with E-state index in [0.29, 0.717) is 5.95 Å². The average Bonchev–Trinajstić information content (AvgIpc) is 2.74. The maximum Gasteiger partial charge on any atom is 0.229 e. The summed E-state index contributed by atoms with van der Waals surface area (Å²) in [6.45, 7) is 7.35. The second-order valence-corrected chi connectivity index (χ2v) is 7.90. The highest BCUT2D eigenvalue weighted by Gasteiger charge is 2.15. The predicted molar refractivity (Wildman–Crippen MR) is 121 cm³/mol. The fourth-order valence-electron chi connectivity index (χ4n) is 3.65. The number of rotatable bonds is 6. The molecule has 1 aliphatic heterocycles. The van der Waals surface area contributed by atoms with Gasteiger partial charge < -0.3 is 15.5 Å². The van der Waals surface area contributed by atoms with Gasteiger partial charge in [-0.1, -0.05) is 37.3 Å². The Bertz CT molecular complexity index is 916. The van der Waals surface area contributed by atoms with Crippen LogP contribution in [0.5, 0.6) is 0 Å². The number of aryl methyl sites for hydroxylation is 1. The van der Waals surface area contributed by atoms with Crippen LogP contribution >= 0.6 is 0 Å². The molecule has 5 nitrogen and oxygen atoms in total. The molecule has 2 heterocycles. The summed E-state index contributed by atoms with van der Waals surface area (Å²) in [6, 6.07) is 20.9. The van der Waals surface area contributed by atoms with Crippen LogP contribution in [0.25, 0.3) is 0 Å². The first kappa shape index (κ1) is 19.2. The van der Waals surface area contributed by atoms with Gasteiger partial charge in [0.05, 0.1) is 0 Å². The molecular weight excluding hydrogens is 358 g/mol. The number of anilines is 4. The number of aromatic nitrogens is 2. The van der Waals surface area contributed by atoms with Crippen molar-refractivity contribution in [3.8, 4) is 0 Å². The molecule has 0 atom stereocenters. The van der Waals surface area contributed by atoms with E-state index in [9.17, 15) is 0 Å². The molecule has 2 N–H and O–H groups in total. The molecule has 0 radical (unpaired) electrons. The minimum atomic E-state index is 0.611. The Morgan fingerprint density at radius 2 is 1.69 bits per heavy atom. The van der Waals surface area contributed by atoms with Crippen LogP contribution in [0.3, 0.4) is 0 Å². The lowest BCUT2D eigenvalue weighted by Gasteiger charge is -2.32. The van der Waals surface area contributed by atoms with Gasteiger partial charge in [0.2, 0.25) is 5.95 Å². The standard InChI is InChI=1S/C24H29N5/c1-18-12-14-29(15-13-18)22-10-8-21(9-11-22)27-24-26-19(2)16-23(28-24)25-17-20-6-4-3-5-7-20/h3-11,16,18H,12-15,17H2,1-2H3,(H2,25,26,27,28). The summed E-state index contributed by atoms with van der Waals surface area (Å²) in [5.41, 5.74) is 4.44. The van der Waals surface area contributed by atoms with E-state index in [0.717, 1.165) is 42.8 Å². The van der Waals surface area contributed by atoms with Crippen LogP contribution in [0, 0.1) is 12.8 Å². The van der Waals surface area contributed by atoms with Crippen molar-refractivity contribution < 1.29 is 0 Å². The normalized spacial score (nSPS) is 14.6. The van der Waals surface area contributed by atoms with Crippen molar-refractivity contribution in [2.24, 2.45) is 5.92 Å². The first-order chi connectivity index (χ1) is 14.2. The summed E-state index contributed by atoms with van der Waals surface area (Å²) in [5.74, 6) is 2.28. The van der Waals surface area contributed by atoms with Crippen molar-refractivity contribution >= 4 is 23.1 Å². The molecule has 1 saturated heterocycles. The van der Waals surface area contributed by atoms with E-state index >= 15 is 0 Å². The Kier molecular flexibility index (Phi) is 5.94. The van der Waals surface area contributed by atoms with Crippen LogP contribution in [0.15, 0.2) is 60.7 Å². The maximum absolute atomic E-state index is 4.62. The topological polar surface area (TPSA) is 53.1 Å². The molecule has 1 aromatic heterocycles. The second kappa shape index (κ2) is 8.95. The van der Waals surface area contributed by atoms with Gasteiger partial charge in [0.25, 0.3) is 0 Å². The van der Waals surface area contributed by atoms with Crippen molar-refractivity contribution in [1.82, 2.24) is 9.97 Å². The van der Waals surface area contributed by atoms with Gasteiger partial charge in [-0.05, 0) is 55.5 Å². The second-order valence-electron chi connectivity index (χ2n) is 7.90. The molecule has 0 saturated carbocycles. The Morgan fingerprint density at radius 3 is 2.41 bits per heavy atom. The summed E-state index contributed by atoms with van der Waals surface area (Å²) in [5, 5.41) is 6.73. The largest absolute Gasteiger partial charge is 0.372 e. The summed E-state index contributed by atoms with van der Waals surface area (Å²) >= 11 is 0. The molecule has 3 aromatic rings. The highest BCUT2D eigenvalue weighted by molar-refractivity contribution is 5.60. The molecule has 0 spiro atoms. The van der Waals surface area contributed by atoms with Crippen molar-refractivity contribution in [2.75, 3.05) is 28.6 Å². The zero-order chi connectivity index (χ0) is 20.1. The van der Waals surface area contributed by atoms with Gasteiger partial charge in [-0.3, -0.25) is 0 Å². The average molecular weight is 388 g/mol. The van der Waals surface area contributed by atoms with E-state index in [4.69, 9.17) is 0 Å². The summed E-state index contributed by atoms with van der Waals surface area (Å²) in [4.78, 5) is 11.6. The van der Waals surface area contributed by atoms with E-state index in [1.165, 1.54) is 24.1 Å². The summed E-state index contributed by atoms with van der Waals surface area (Å²) < 4.78 is 0. The first-order valence-corrected chi connectivity index (χ1v) is 10.4. The molecule has 1 fully saturated rings. The third kappa shape index (κ3) is 5.25. The Hall–Kier alpha value is -3.08. The van der Waals surface area contributed by atoms with Crippen LogP contribution < -0.4 is 15.5 Å². The van der Waals surface area contributed by atoms with Gasteiger partial charge in [0, 0.05) is 42.8 Å². The van der Waals surface area contributed by atoms with E-state index in [2.05, 4.69) is 68.8 Å². The summed E-state index contributed by atoms with van der Waals surface area (Å²) in [7, 11) is 0. The number of piperidine rings is 1. The molecule has 1 aliphatic rings. The lowest BCUT2D eigenvalue weighted by atomic mass is 9.99. The fourth-order valence-corrected chi connectivity index (χ4v) is 3.65. The molecular formula is C24H29N5. The third-order valence-electron chi connectivity index (χ3n) is 5.44. The molecule has 0 unspecified atom stereocenters. The van der Waals surface area contributed by atoms with Crippen molar-refractivity contribution in [2.45, 2.75) is 33.2 Å². The number of benzene rings is 2. The van der Waals surface area contributed by atoms with E-state index in [1.54, 1.807) is 0 Å². The highest BCUT2D eigenvalue weighted by Crippen LogP contribution is 2.25. The zero-order valence-corrected chi connectivity index (χ0v) is 17.2. The fraction of sp³-hybridized carbons (Fsp3) is 0.333. The van der Waals surface area contributed by atoms with Gasteiger partial charge in [-0.15, -0.1) is 0 Å². The zero-order valence-electron chi connectivity index (χ0n) is 17.2. The van der Waals surface area contributed by atoms with Crippen molar-refractivity contribution in [3.05, 3.63) is 71.9 Å². The molecule has 0 amide bonds. The molecule has 5 heteroatoms. The van der Waals surface area contributed by atoms with E-state index in [1.807, 2.05) is 31.2 Å². The first-order valence-electron chi connectivity index (χ1n) is 10.4. The number of hydrogen-bond donors (Lipinski definition) is 2. The van der Waals surface area contributed by atoms with E-state index in [-0.39, 0.29) is 0 Å². The monoisotopic (exact) mass is 387 g/mol. The quantitative estimate of drug-likeness (QED) is 0.595. The Morgan fingerprint density at radius 1 is 0.966 bits per heavy atom. The van der Waals surface area contributed by atoms with Crippen LogP contribution in [0.1, 0.15) is 31.0 Å². The Labute approximate surface area is 173 Å². The number of nitrogens with zero attached hydrogens (tertiary/aromatic N) is 3. The minimum absolute atomic E-state index is 0.611. The maximum atomic E-state index is 4.62. The summed E-state index contributed by atoms with van der Waals surface area (Å²) in [6.07, 6.45) is 2.55. The smallest absolute Gasteiger partial charge is 0.229 e. The Balaban J connectivity index is 1.40. The number of hydrogen-bond acceptors (Lipinski definition) is 5. The molecule has 29 heavy (non-hydrogen) atoms. The molecule has 0 aliphatic carbocycles. The molecule has 2 aromatic carbocycles. The van der Waals surface area contributed by atoms with Gasteiger partial charge in [-0.2, -0.15) is 4.98 Å². The van der Waals surface area contributed by atoms with Crippen LogP contribution in [0.4, 0.5) is 23.1 Å². The molecule has 150 valence electrons. The van der Waals surface area contributed by atoms with Gasteiger partial charge >= 0.3 is 0 Å². The van der Waals surface area contributed by atoms with Crippen molar-refractivity contribution in [3.63, 3.8) is 0 Å². The van der Waals surface area contributed by atoms with Gasteiger partial charge in [0.1, 0.15) is 5.82 Å². The van der Waals surface area contributed by atoms with Gasteiger partial charge in [0.15, 0.2) is 0 Å². The van der Waals surface area contributed by atoms with Crippen LogP contribution in [0.2, 0.25) is 0 Å². The molecule has 0 bridgehead atoms. The lowest BCUT2D eigenvalue weighted by Crippen LogP contribution is -2.32. The SMILES string of the molecule is Cc1cc(NCc2ccccc2)nc(Nc2ccc(N3CCC(C)CC3)cc2)n1. The lowest BCUT2D eigenvalue weighted by molar-refractivity contribution is 0.438. The minimum Gasteiger partial charge on any atom is -0.372 e.